The highest BCUT2D eigenvalue weighted by molar-refractivity contribution is 5.44. The molecule has 2 atom stereocenters. The Hall–Kier alpha value is -1.26. The Morgan fingerprint density at radius 2 is 2.00 bits per heavy atom. The van der Waals surface area contributed by atoms with Crippen LogP contribution in [0.4, 0.5) is 0 Å². The highest BCUT2D eigenvalue weighted by Gasteiger charge is 2.20. The van der Waals surface area contributed by atoms with Gasteiger partial charge in [-0.1, -0.05) is 19.4 Å². The van der Waals surface area contributed by atoms with Gasteiger partial charge in [0, 0.05) is 19.0 Å². The van der Waals surface area contributed by atoms with Gasteiger partial charge in [-0.3, -0.25) is 0 Å². The molecular weight excluding hydrogens is 266 g/mol. The number of aliphatic hydroxyl groups is 1. The van der Waals surface area contributed by atoms with Crippen molar-refractivity contribution in [3.05, 3.63) is 23.8 Å². The summed E-state index contributed by atoms with van der Waals surface area (Å²) in [5.74, 6) is 1.64. The second kappa shape index (κ2) is 7.14. The molecule has 0 amide bonds. The molecule has 1 aromatic carbocycles. The van der Waals surface area contributed by atoms with Crippen LogP contribution in [0.3, 0.4) is 0 Å². The maximum atomic E-state index is 10.2. The maximum Gasteiger partial charge on any atom is 0.161 e. The minimum Gasteiger partial charge on any atom is -0.490 e. The van der Waals surface area contributed by atoms with E-state index in [4.69, 9.17) is 9.47 Å². The molecule has 0 spiro atoms. The minimum atomic E-state index is -0.658. The Labute approximate surface area is 127 Å². The van der Waals surface area contributed by atoms with Crippen LogP contribution in [0.2, 0.25) is 0 Å². The maximum absolute atomic E-state index is 10.2. The lowest BCUT2D eigenvalue weighted by Crippen LogP contribution is -2.38. The topological polar surface area (TPSA) is 50.7 Å². The number of hydrogen-bond donors (Lipinski definition) is 2. The van der Waals surface area contributed by atoms with Crippen LogP contribution in [0.1, 0.15) is 51.6 Å². The van der Waals surface area contributed by atoms with E-state index in [9.17, 15) is 5.11 Å². The summed E-state index contributed by atoms with van der Waals surface area (Å²) >= 11 is 0. The van der Waals surface area contributed by atoms with Crippen LogP contribution in [0, 0.1) is 0 Å². The first-order valence-corrected chi connectivity index (χ1v) is 7.87. The van der Waals surface area contributed by atoms with E-state index < -0.39 is 5.60 Å². The number of rotatable bonds is 6. The van der Waals surface area contributed by atoms with Gasteiger partial charge in [-0.15, -0.1) is 0 Å². The van der Waals surface area contributed by atoms with Crippen molar-refractivity contribution in [2.24, 2.45) is 0 Å². The minimum absolute atomic E-state index is 0.158. The van der Waals surface area contributed by atoms with E-state index in [1.165, 1.54) is 0 Å². The summed E-state index contributed by atoms with van der Waals surface area (Å²) in [5, 5.41) is 13.6. The first kappa shape index (κ1) is 16.1. The summed E-state index contributed by atoms with van der Waals surface area (Å²) in [5.41, 5.74) is 0.487. The monoisotopic (exact) mass is 293 g/mol. The molecule has 2 unspecified atom stereocenters. The van der Waals surface area contributed by atoms with Crippen molar-refractivity contribution in [2.75, 3.05) is 19.8 Å². The van der Waals surface area contributed by atoms with Crippen LogP contribution in [0.25, 0.3) is 0 Å². The SMILES string of the molecule is CCCC(C)(O)CNC(C)c1ccc2c(c1)OCCCO2. The van der Waals surface area contributed by atoms with Gasteiger partial charge in [0.1, 0.15) is 0 Å². The Morgan fingerprint density at radius 3 is 2.71 bits per heavy atom. The molecular formula is C17H27NO3. The van der Waals surface area contributed by atoms with E-state index in [-0.39, 0.29) is 6.04 Å². The third-order valence-electron chi connectivity index (χ3n) is 3.85. The van der Waals surface area contributed by atoms with Crippen molar-refractivity contribution in [1.29, 1.82) is 0 Å². The third-order valence-corrected chi connectivity index (χ3v) is 3.85. The standard InChI is InChI=1S/C17H27NO3/c1-4-8-17(3,19)12-18-13(2)14-6-7-15-16(11-14)21-10-5-9-20-15/h6-7,11,13,18-19H,4-5,8-10,12H2,1-3H3. The van der Waals surface area contributed by atoms with E-state index >= 15 is 0 Å². The summed E-state index contributed by atoms with van der Waals surface area (Å²) < 4.78 is 11.4. The van der Waals surface area contributed by atoms with Gasteiger partial charge in [-0.2, -0.15) is 0 Å². The van der Waals surface area contributed by atoms with E-state index in [0.717, 1.165) is 36.3 Å². The second-order valence-corrected chi connectivity index (χ2v) is 6.11. The van der Waals surface area contributed by atoms with Crippen LogP contribution in [-0.2, 0) is 0 Å². The average Bonchev–Trinajstić information content (AvgIpc) is 2.69. The van der Waals surface area contributed by atoms with Gasteiger partial charge in [0.15, 0.2) is 11.5 Å². The van der Waals surface area contributed by atoms with Crippen LogP contribution in [-0.4, -0.2) is 30.5 Å². The smallest absolute Gasteiger partial charge is 0.161 e. The fourth-order valence-electron chi connectivity index (χ4n) is 2.57. The first-order valence-electron chi connectivity index (χ1n) is 7.87. The van der Waals surface area contributed by atoms with Gasteiger partial charge < -0.3 is 19.9 Å². The average molecular weight is 293 g/mol. The Morgan fingerprint density at radius 1 is 1.29 bits per heavy atom. The summed E-state index contributed by atoms with van der Waals surface area (Å²) in [6.07, 6.45) is 2.69. The van der Waals surface area contributed by atoms with Crippen LogP contribution >= 0.6 is 0 Å². The molecule has 0 aromatic heterocycles. The van der Waals surface area contributed by atoms with E-state index in [2.05, 4.69) is 25.2 Å². The number of nitrogens with one attached hydrogen (secondary N) is 1. The Balaban J connectivity index is 1.99. The number of ether oxygens (including phenoxy) is 2. The molecule has 118 valence electrons. The van der Waals surface area contributed by atoms with Crippen LogP contribution < -0.4 is 14.8 Å². The predicted molar refractivity (Wildman–Crippen MR) is 84.0 cm³/mol. The molecule has 2 rings (SSSR count). The number of fused-ring (bicyclic) bond motifs is 1. The van der Waals surface area contributed by atoms with Crippen molar-refractivity contribution < 1.29 is 14.6 Å². The molecule has 2 N–H and O–H groups in total. The zero-order chi connectivity index (χ0) is 15.3. The molecule has 1 aliphatic rings. The lowest BCUT2D eigenvalue weighted by atomic mass is 9.99. The van der Waals surface area contributed by atoms with E-state index in [1.807, 2.05) is 19.1 Å². The van der Waals surface area contributed by atoms with Gasteiger partial charge >= 0.3 is 0 Å². The van der Waals surface area contributed by atoms with Crippen LogP contribution in [0.15, 0.2) is 18.2 Å². The highest BCUT2D eigenvalue weighted by atomic mass is 16.5. The largest absolute Gasteiger partial charge is 0.490 e. The second-order valence-electron chi connectivity index (χ2n) is 6.11. The van der Waals surface area contributed by atoms with Crippen LogP contribution in [0.5, 0.6) is 11.5 Å². The molecule has 0 saturated heterocycles. The summed E-state index contributed by atoms with van der Waals surface area (Å²) in [7, 11) is 0. The molecule has 0 saturated carbocycles. The van der Waals surface area contributed by atoms with Crippen molar-refractivity contribution >= 4 is 0 Å². The molecule has 0 bridgehead atoms. The predicted octanol–water partition coefficient (Wildman–Crippen LogP) is 3.05. The normalized spacial score (nSPS) is 18.7. The first-order chi connectivity index (χ1) is 10.0. The fourth-order valence-corrected chi connectivity index (χ4v) is 2.57. The molecule has 21 heavy (non-hydrogen) atoms. The molecule has 1 aliphatic heterocycles. The molecule has 4 heteroatoms. The van der Waals surface area contributed by atoms with Gasteiger partial charge in [0.2, 0.25) is 0 Å². The molecule has 0 fully saturated rings. The third kappa shape index (κ3) is 4.61. The molecule has 4 nitrogen and oxygen atoms in total. The van der Waals surface area contributed by atoms with E-state index in [1.54, 1.807) is 0 Å². The number of hydrogen-bond acceptors (Lipinski definition) is 4. The fraction of sp³-hybridized carbons (Fsp3) is 0.647. The van der Waals surface area contributed by atoms with Gasteiger partial charge in [-0.05, 0) is 38.0 Å². The lowest BCUT2D eigenvalue weighted by molar-refractivity contribution is 0.0476. The summed E-state index contributed by atoms with van der Waals surface area (Å²) in [4.78, 5) is 0. The number of benzene rings is 1. The van der Waals surface area contributed by atoms with Crippen molar-refractivity contribution in [3.63, 3.8) is 0 Å². The summed E-state index contributed by atoms with van der Waals surface area (Å²) in [6.45, 7) is 8.05. The molecule has 1 heterocycles. The quantitative estimate of drug-likeness (QED) is 0.846. The molecule has 0 radical (unpaired) electrons. The van der Waals surface area contributed by atoms with Gasteiger partial charge in [-0.25, -0.2) is 0 Å². The van der Waals surface area contributed by atoms with E-state index in [0.29, 0.717) is 19.8 Å². The van der Waals surface area contributed by atoms with Crippen molar-refractivity contribution in [1.82, 2.24) is 5.32 Å². The zero-order valence-corrected chi connectivity index (χ0v) is 13.3. The molecule has 1 aromatic rings. The summed E-state index contributed by atoms with van der Waals surface area (Å²) in [6, 6.07) is 6.22. The molecule has 0 aliphatic carbocycles. The lowest BCUT2D eigenvalue weighted by Gasteiger charge is -2.26. The van der Waals surface area contributed by atoms with Crippen molar-refractivity contribution in [3.8, 4) is 11.5 Å². The van der Waals surface area contributed by atoms with Crippen molar-refractivity contribution in [2.45, 2.75) is 51.7 Å². The van der Waals surface area contributed by atoms with Gasteiger partial charge in [0.25, 0.3) is 0 Å². The Kier molecular flexibility index (Phi) is 5.48. The zero-order valence-electron chi connectivity index (χ0n) is 13.3. The highest BCUT2D eigenvalue weighted by Crippen LogP contribution is 2.32. The van der Waals surface area contributed by atoms with Gasteiger partial charge in [0.05, 0.1) is 18.8 Å². The Bertz CT molecular complexity index is 459.